The van der Waals surface area contributed by atoms with Gasteiger partial charge in [0.05, 0.1) is 42.0 Å². The van der Waals surface area contributed by atoms with Crippen LogP contribution in [-0.4, -0.2) is 114 Å². The zero-order chi connectivity index (χ0) is 39.9. The maximum Gasteiger partial charge on any atom is 0.320 e. The molecule has 6 atom stereocenters. The van der Waals surface area contributed by atoms with E-state index in [1.807, 2.05) is 30.0 Å². The van der Waals surface area contributed by atoms with Crippen LogP contribution in [0.1, 0.15) is 89.5 Å². The standard InChI is InChI=1S/C41H54N6O9S/c1-3-27-22-41(27,39(51)45-57(52,53)30-14-15-30)44-36(49)34-20-29-23-47(34)38(50)31(26-10-5-6-11-26)21-35(48)46-17-7-12-28(46)24-54-18-8-9-25-13-16-33-32(19-25)37(56-29)43-40(42-33)55-4-2/h3,13,16,19,26-31,34H,1,4-12,14-15,17-18,20-24H2,2H3,(H,44,49)(H,45,51)/t27-,28+,29+,31-,34-,41+/m0/s1. The number of nitrogens with zero attached hydrogens (tertiary/aromatic N) is 4. The molecule has 0 unspecified atom stereocenters. The third kappa shape index (κ3) is 8.21. The summed E-state index contributed by atoms with van der Waals surface area (Å²) in [4.78, 5) is 70.0. The van der Waals surface area contributed by atoms with Crippen LogP contribution in [-0.2, 0) is 40.4 Å². The fourth-order valence-electron chi connectivity index (χ4n) is 9.39. The molecule has 308 valence electrons. The second kappa shape index (κ2) is 16.1. The average molecular weight is 807 g/mol. The highest BCUT2D eigenvalue weighted by atomic mass is 32.2. The molecule has 3 aliphatic carbocycles. The summed E-state index contributed by atoms with van der Waals surface area (Å²) in [6.07, 6.45) is 8.75. The monoisotopic (exact) mass is 806 g/mol. The van der Waals surface area contributed by atoms with Crippen LogP contribution in [0.5, 0.6) is 11.9 Å². The van der Waals surface area contributed by atoms with E-state index in [4.69, 9.17) is 14.2 Å². The highest BCUT2D eigenvalue weighted by Gasteiger charge is 2.62. The molecular formula is C41H54N6O9S. The molecule has 4 bridgehead atoms. The second-order valence-corrected chi connectivity index (χ2v) is 18.6. The van der Waals surface area contributed by atoms with Crippen molar-refractivity contribution >= 4 is 44.6 Å². The van der Waals surface area contributed by atoms with Crippen molar-refractivity contribution in [3.8, 4) is 11.9 Å². The highest BCUT2D eigenvalue weighted by molar-refractivity contribution is 7.91. The lowest BCUT2D eigenvalue weighted by Gasteiger charge is -2.33. The smallest absolute Gasteiger partial charge is 0.320 e. The highest BCUT2D eigenvalue weighted by Crippen LogP contribution is 2.46. The van der Waals surface area contributed by atoms with E-state index in [1.54, 1.807) is 0 Å². The number of sulfonamides is 1. The Balaban J connectivity index is 1.14. The van der Waals surface area contributed by atoms with Gasteiger partial charge in [-0.15, -0.1) is 6.58 Å². The Hall–Kier alpha value is -4.31. The van der Waals surface area contributed by atoms with Crippen LogP contribution in [0.4, 0.5) is 0 Å². The van der Waals surface area contributed by atoms with Crippen molar-refractivity contribution in [3.63, 3.8) is 0 Å². The Morgan fingerprint density at radius 3 is 2.61 bits per heavy atom. The molecule has 3 aliphatic heterocycles. The normalized spacial score (nSPS) is 29.9. The molecule has 3 saturated carbocycles. The van der Waals surface area contributed by atoms with Gasteiger partial charge >= 0.3 is 6.01 Å². The number of carbonyl (C=O) groups is 4. The number of rotatable bonds is 9. The number of benzene rings is 1. The van der Waals surface area contributed by atoms with Crippen molar-refractivity contribution < 1.29 is 41.8 Å². The second-order valence-electron chi connectivity index (χ2n) is 16.7. The van der Waals surface area contributed by atoms with E-state index >= 15 is 4.79 Å². The van der Waals surface area contributed by atoms with Crippen LogP contribution in [0.3, 0.4) is 0 Å². The van der Waals surface area contributed by atoms with Gasteiger partial charge in [0.25, 0.3) is 5.91 Å². The number of hydrogen-bond donors (Lipinski definition) is 2. The third-order valence-corrected chi connectivity index (χ3v) is 14.6. The molecule has 2 N–H and O–H groups in total. The fraction of sp³-hybridized carbons (Fsp3) is 0.659. The molecule has 2 aromatic rings. The molecule has 1 aromatic heterocycles. The summed E-state index contributed by atoms with van der Waals surface area (Å²) in [5.41, 5.74) is 0.125. The quantitative estimate of drug-likeness (QED) is 0.355. The number of amides is 4. The Kier molecular flexibility index (Phi) is 11.2. The Morgan fingerprint density at radius 1 is 1.07 bits per heavy atom. The van der Waals surface area contributed by atoms with Gasteiger partial charge in [-0.2, -0.15) is 9.97 Å². The van der Waals surface area contributed by atoms with Crippen LogP contribution in [0.2, 0.25) is 0 Å². The lowest BCUT2D eigenvalue weighted by atomic mass is 9.86. The number of nitrogens with one attached hydrogen (secondary N) is 2. The summed E-state index contributed by atoms with van der Waals surface area (Å²) in [6, 6.07) is 4.89. The topological polar surface area (TPSA) is 186 Å². The number of fused-ring (bicyclic) bond motifs is 4. The van der Waals surface area contributed by atoms with Crippen molar-refractivity contribution in [3.05, 3.63) is 36.4 Å². The number of aromatic nitrogens is 2. The minimum atomic E-state index is -3.89. The van der Waals surface area contributed by atoms with E-state index in [0.29, 0.717) is 50.1 Å². The summed E-state index contributed by atoms with van der Waals surface area (Å²) >= 11 is 0. The van der Waals surface area contributed by atoms with Crippen LogP contribution in [0.15, 0.2) is 30.9 Å². The van der Waals surface area contributed by atoms with Gasteiger partial charge in [-0.3, -0.25) is 23.9 Å². The first-order valence-electron chi connectivity index (χ1n) is 20.8. The van der Waals surface area contributed by atoms with Crippen molar-refractivity contribution in [2.45, 2.75) is 119 Å². The van der Waals surface area contributed by atoms with E-state index in [1.165, 1.54) is 11.0 Å². The number of carbonyl (C=O) groups excluding carboxylic acids is 4. The van der Waals surface area contributed by atoms with Crippen molar-refractivity contribution in [2.75, 3.05) is 32.9 Å². The summed E-state index contributed by atoms with van der Waals surface area (Å²) in [5.74, 6) is -2.73. The maximum absolute atomic E-state index is 15.0. The average Bonchev–Trinajstić information content (AvgIpc) is 3.96. The first-order valence-corrected chi connectivity index (χ1v) is 22.3. The molecule has 15 nitrogen and oxygen atoms in total. The molecule has 57 heavy (non-hydrogen) atoms. The molecule has 4 amide bonds. The van der Waals surface area contributed by atoms with Crippen LogP contribution in [0.25, 0.3) is 10.9 Å². The van der Waals surface area contributed by atoms with Gasteiger partial charge in [0.2, 0.25) is 33.6 Å². The van der Waals surface area contributed by atoms with E-state index < -0.39 is 56.6 Å². The van der Waals surface area contributed by atoms with Crippen LogP contribution < -0.4 is 19.5 Å². The number of ether oxygens (including phenoxy) is 3. The van der Waals surface area contributed by atoms with Gasteiger partial charge in [0.1, 0.15) is 17.7 Å². The molecule has 1 aromatic carbocycles. The molecule has 4 heterocycles. The van der Waals surface area contributed by atoms with Gasteiger partial charge in [-0.05, 0) is 88.3 Å². The summed E-state index contributed by atoms with van der Waals surface area (Å²) in [6.45, 7) is 7.60. The molecule has 16 heteroatoms. The van der Waals surface area contributed by atoms with E-state index in [0.717, 1.165) is 56.9 Å². The van der Waals surface area contributed by atoms with E-state index in [9.17, 15) is 22.8 Å². The summed E-state index contributed by atoms with van der Waals surface area (Å²) < 4.78 is 46.3. The van der Waals surface area contributed by atoms with Gasteiger partial charge < -0.3 is 29.3 Å². The number of aryl methyl sites for hydroxylation is 1. The zero-order valence-corrected chi connectivity index (χ0v) is 33.5. The molecule has 5 fully saturated rings. The zero-order valence-electron chi connectivity index (χ0n) is 32.7. The van der Waals surface area contributed by atoms with Crippen LogP contribution in [0, 0.1) is 17.8 Å². The Bertz CT molecular complexity index is 2020. The van der Waals surface area contributed by atoms with Crippen molar-refractivity contribution in [2.24, 2.45) is 17.8 Å². The first-order chi connectivity index (χ1) is 27.5. The Morgan fingerprint density at radius 2 is 1.88 bits per heavy atom. The SMILES string of the molecule is C=C[C@H]1C[C@]1(NC(=O)[C@@H]1C[C@@H]2CN1C(=O)[C@H](C1CCCC1)CC(=O)N1CCC[C@@H]1COCCCc1ccc3nc(OCC)nc(c3c1)O2)C(=O)NS(=O)(=O)C1CC1. The predicted molar refractivity (Wildman–Crippen MR) is 208 cm³/mol. The molecule has 0 spiro atoms. The molecule has 8 rings (SSSR count). The summed E-state index contributed by atoms with van der Waals surface area (Å²) in [7, 11) is -3.89. The van der Waals surface area contributed by atoms with Gasteiger partial charge in [0.15, 0.2) is 0 Å². The van der Waals surface area contributed by atoms with Crippen LogP contribution >= 0.6 is 0 Å². The fourth-order valence-corrected chi connectivity index (χ4v) is 10.8. The molecule has 2 saturated heterocycles. The van der Waals surface area contributed by atoms with Crippen molar-refractivity contribution in [1.29, 1.82) is 0 Å². The van der Waals surface area contributed by atoms with Gasteiger partial charge in [0, 0.05) is 37.8 Å². The largest absolute Gasteiger partial charge is 0.472 e. The molecule has 6 aliphatic rings. The van der Waals surface area contributed by atoms with Gasteiger partial charge in [-0.1, -0.05) is 25.0 Å². The maximum atomic E-state index is 15.0. The lowest BCUT2D eigenvalue weighted by molar-refractivity contribution is -0.147. The van der Waals surface area contributed by atoms with E-state index in [-0.39, 0.29) is 61.5 Å². The molecule has 0 radical (unpaired) electrons. The molecular weight excluding hydrogens is 753 g/mol. The Labute approximate surface area is 333 Å². The first kappa shape index (κ1) is 39.5. The predicted octanol–water partition coefficient (Wildman–Crippen LogP) is 3.20. The third-order valence-electron chi connectivity index (χ3n) is 12.8. The minimum Gasteiger partial charge on any atom is -0.472 e. The minimum absolute atomic E-state index is 0.0242. The lowest BCUT2D eigenvalue weighted by Crippen LogP contribution is -2.57. The summed E-state index contributed by atoms with van der Waals surface area (Å²) in [5, 5.41) is 2.91. The van der Waals surface area contributed by atoms with Crippen molar-refractivity contribution in [1.82, 2.24) is 29.8 Å². The number of hydrogen-bond acceptors (Lipinski definition) is 11. The van der Waals surface area contributed by atoms with Gasteiger partial charge in [-0.25, -0.2) is 8.42 Å². The van der Waals surface area contributed by atoms with E-state index in [2.05, 4.69) is 26.6 Å².